The van der Waals surface area contributed by atoms with Gasteiger partial charge in [-0.2, -0.15) is 0 Å². The van der Waals surface area contributed by atoms with E-state index < -0.39 is 5.97 Å². The van der Waals surface area contributed by atoms with Crippen molar-refractivity contribution in [1.82, 2.24) is 0 Å². The third-order valence-corrected chi connectivity index (χ3v) is 3.58. The monoisotopic (exact) mass is 280 g/mol. The molecule has 0 saturated heterocycles. The van der Waals surface area contributed by atoms with Crippen molar-refractivity contribution < 1.29 is 9.90 Å². The van der Waals surface area contributed by atoms with E-state index in [-0.39, 0.29) is 11.0 Å². The molecule has 2 rings (SSSR count). The zero-order valence-corrected chi connectivity index (χ0v) is 12.7. The zero-order valence-electron chi connectivity index (χ0n) is 12.7. The summed E-state index contributed by atoms with van der Waals surface area (Å²) in [4.78, 5) is 10.9. The van der Waals surface area contributed by atoms with Gasteiger partial charge in [0.25, 0.3) is 0 Å². The van der Waals surface area contributed by atoms with E-state index in [1.165, 1.54) is 5.56 Å². The Morgan fingerprint density at radius 3 is 1.71 bits per heavy atom. The second-order valence-electron chi connectivity index (χ2n) is 6.19. The quantitative estimate of drug-likeness (QED) is 0.824. The van der Waals surface area contributed by atoms with Crippen molar-refractivity contribution in [2.24, 2.45) is 0 Å². The molecule has 0 spiro atoms. The van der Waals surface area contributed by atoms with Crippen molar-refractivity contribution in [3.8, 4) is 11.1 Å². The standard InChI is InChI=1S/C19H20O2/c1-13(18(20)21)14-5-7-15(8-6-14)16-9-11-17(12-10-16)19(2,3)4/h5-12H,1H2,2-4H3,(H,20,21). The molecule has 21 heavy (non-hydrogen) atoms. The van der Waals surface area contributed by atoms with E-state index in [9.17, 15) is 4.79 Å². The fraction of sp³-hybridized carbons (Fsp3) is 0.211. The van der Waals surface area contributed by atoms with Crippen molar-refractivity contribution in [3.63, 3.8) is 0 Å². The molecule has 0 radical (unpaired) electrons. The third-order valence-electron chi connectivity index (χ3n) is 3.58. The predicted molar refractivity (Wildman–Crippen MR) is 87.2 cm³/mol. The Hall–Kier alpha value is -2.35. The molecule has 0 heterocycles. The van der Waals surface area contributed by atoms with Crippen LogP contribution in [0, 0.1) is 0 Å². The molecule has 1 N–H and O–H groups in total. The lowest BCUT2D eigenvalue weighted by atomic mass is 9.86. The predicted octanol–water partition coefficient (Wildman–Crippen LogP) is 4.75. The molecule has 0 unspecified atom stereocenters. The second kappa shape index (κ2) is 5.57. The van der Waals surface area contributed by atoms with Crippen molar-refractivity contribution in [1.29, 1.82) is 0 Å². The molecule has 2 aromatic carbocycles. The molecule has 2 aromatic rings. The molecule has 0 aliphatic carbocycles. The number of carboxylic acid groups (broad SMARTS) is 1. The van der Waals surface area contributed by atoms with Crippen LogP contribution >= 0.6 is 0 Å². The minimum absolute atomic E-state index is 0.115. The fourth-order valence-corrected chi connectivity index (χ4v) is 2.15. The van der Waals surface area contributed by atoms with Crippen LogP contribution in [-0.4, -0.2) is 11.1 Å². The van der Waals surface area contributed by atoms with E-state index in [1.807, 2.05) is 12.1 Å². The first-order valence-corrected chi connectivity index (χ1v) is 6.92. The van der Waals surface area contributed by atoms with Gasteiger partial charge >= 0.3 is 5.97 Å². The van der Waals surface area contributed by atoms with Gasteiger partial charge in [-0.25, -0.2) is 4.79 Å². The number of aliphatic carboxylic acids is 1. The van der Waals surface area contributed by atoms with Crippen molar-refractivity contribution in [2.45, 2.75) is 26.2 Å². The maximum atomic E-state index is 10.9. The summed E-state index contributed by atoms with van der Waals surface area (Å²) in [7, 11) is 0. The first kappa shape index (κ1) is 15.0. The van der Waals surface area contributed by atoms with Crippen LogP contribution in [0.5, 0.6) is 0 Å². The minimum Gasteiger partial charge on any atom is -0.478 e. The lowest BCUT2D eigenvalue weighted by Gasteiger charge is -2.19. The molecular formula is C19H20O2. The molecule has 108 valence electrons. The van der Waals surface area contributed by atoms with Gasteiger partial charge in [-0.1, -0.05) is 75.9 Å². The Bertz CT molecular complexity index is 656. The first-order valence-electron chi connectivity index (χ1n) is 6.92. The van der Waals surface area contributed by atoms with Crippen LogP contribution in [0.1, 0.15) is 31.9 Å². The van der Waals surface area contributed by atoms with Gasteiger partial charge in [0.1, 0.15) is 0 Å². The normalized spacial score (nSPS) is 11.2. The van der Waals surface area contributed by atoms with Crippen LogP contribution in [0.2, 0.25) is 0 Å². The van der Waals surface area contributed by atoms with Crippen LogP contribution in [-0.2, 0) is 10.2 Å². The Morgan fingerprint density at radius 1 is 0.905 bits per heavy atom. The fourth-order valence-electron chi connectivity index (χ4n) is 2.15. The van der Waals surface area contributed by atoms with Crippen molar-refractivity contribution in [2.75, 3.05) is 0 Å². The van der Waals surface area contributed by atoms with E-state index in [4.69, 9.17) is 5.11 Å². The van der Waals surface area contributed by atoms with Gasteiger partial charge < -0.3 is 5.11 Å². The van der Waals surface area contributed by atoms with E-state index >= 15 is 0 Å². The van der Waals surface area contributed by atoms with Gasteiger partial charge in [0.05, 0.1) is 5.57 Å². The molecular weight excluding hydrogens is 260 g/mol. The Morgan fingerprint density at radius 2 is 1.33 bits per heavy atom. The maximum Gasteiger partial charge on any atom is 0.335 e. The molecule has 0 saturated carbocycles. The SMILES string of the molecule is C=C(C(=O)O)c1ccc(-c2ccc(C(C)(C)C)cc2)cc1. The number of hydrogen-bond acceptors (Lipinski definition) is 1. The van der Waals surface area contributed by atoms with Gasteiger partial charge in [-0.05, 0) is 27.7 Å². The Kier molecular flexibility index (Phi) is 3.99. The Labute approximate surface area is 125 Å². The Balaban J connectivity index is 2.27. The van der Waals surface area contributed by atoms with Gasteiger partial charge in [0.2, 0.25) is 0 Å². The summed E-state index contributed by atoms with van der Waals surface area (Å²) in [5.41, 5.74) is 4.37. The van der Waals surface area contributed by atoms with Crippen LogP contribution in [0.3, 0.4) is 0 Å². The van der Waals surface area contributed by atoms with Gasteiger partial charge in [-0.15, -0.1) is 0 Å². The maximum absolute atomic E-state index is 10.9. The summed E-state index contributed by atoms with van der Waals surface area (Å²) >= 11 is 0. The molecule has 0 fully saturated rings. The molecule has 2 nitrogen and oxygen atoms in total. The summed E-state index contributed by atoms with van der Waals surface area (Å²) in [6, 6.07) is 15.9. The van der Waals surface area contributed by atoms with Crippen LogP contribution in [0.4, 0.5) is 0 Å². The molecule has 0 atom stereocenters. The van der Waals surface area contributed by atoms with Crippen LogP contribution < -0.4 is 0 Å². The number of rotatable bonds is 3. The highest BCUT2D eigenvalue weighted by Crippen LogP contribution is 2.27. The average molecular weight is 280 g/mol. The van der Waals surface area contributed by atoms with Gasteiger partial charge in [-0.3, -0.25) is 0 Å². The molecule has 2 heteroatoms. The van der Waals surface area contributed by atoms with E-state index in [0.717, 1.165) is 11.1 Å². The second-order valence-corrected chi connectivity index (χ2v) is 6.19. The largest absolute Gasteiger partial charge is 0.478 e. The zero-order chi connectivity index (χ0) is 15.6. The van der Waals surface area contributed by atoms with Crippen LogP contribution in [0.25, 0.3) is 16.7 Å². The highest BCUT2D eigenvalue weighted by Gasteiger charge is 2.13. The molecule has 0 aliphatic rings. The number of carbonyl (C=O) groups is 1. The minimum atomic E-state index is -0.989. The first-order chi connectivity index (χ1) is 9.79. The van der Waals surface area contributed by atoms with E-state index in [2.05, 4.69) is 51.6 Å². The average Bonchev–Trinajstić information content (AvgIpc) is 2.46. The van der Waals surface area contributed by atoms with E-state index in [1.54, 1.807) is 12.1 Å². The van der Waals surface area contributed by atoms with Crippen LogP contribution in [0.15, 0.2) is 55.1 Å². The lowest BCUT2D eigenvalue weighted by Crippen LogP contribution is -2.10. The lowest BCUT2D eigenvalue weighted by molar-refractivity contribution is -0.130. The smallest absolute Gasteiger partial charge is 0.335 e. The van der Waals surface area contributed by atoms with Gasteiger partial charge in [0, 0.05) is 0 Å². The summed E-state index contributed by atoms with van der Waals surface area (Å²) < 4.78 is 0. The van der Waals surface area contributed by atoms with Gasteiger partial charge in [0.15, 0.2) is 0 Å². The molecule has 0 bridgehead atoms. The topological polar surface area (TPSA) is 37.3 Å². The molecule has 0 aliphatic heterocycles. The van der Waals surface area contributed by atoms with Crippen molar-refractivity contribution in [3.05, 3.63) is 66.2 Å². The summed E-state index contributed by atoms with van der Waals surface area (Å²) in [6.45, 7) is 10.1. The molecule has 0 aromatic heterocycles. The number of carboxylic acids is 1. The highest BCUT2D eigenvalue weighted by atomic mass is 16.4. The van der Waals surface area contributed by atoms with E-state index in [0.29, 0.717) is 5.56 Å². The summed E-state index contributed by atoms with van der Waals surface area (Å²) in [6.07, 6.45) is 0. The number of hydrogen-bond donors (Lipinski definition) is 1. The summed E-state index contributed by atoms with van der Waals surface area (Å²) in [5, 5.41) is 8.93. The highest BCUT2D eigenvalue weighted by molar-refractivity contribution is 6.14. The number of benzene rings is 2. The summed E-state index contributed by atoms with van der Waals surface area (Å²) in [5.74, 6) is -0.989. The van der Waals surface area contributed by atoms with Crippen molar-refractivity contribution >= 4 is 11.5 Å². The third kappa shape index (κ3) is 3.40. The molecule has 0 amide bonds.